The molecule has 0 aliphatic heterocycles. The Morgan fingerprint density at radius 2 is 1.62 bits per heavy atom. The Morgan fingerprint density at radius 3 is 2.29 bits per heavy atom. The highest BCUT2D eigenvalue weighted by molar-refractivity contribution is 5.85. The van der Waals surface area contributed by atoms with Crippen LogP contribution in [0.5, 0.6) is 0 Å². The van der Waals surface area contributed by atoms with Gasteiger partial charge in [0.15, 0.2) is 0 Å². The summed E-state index contributed by atoms with van der Waals surface area (Å²) in [6, 6.07) is 18.0. The van der Waals surface area contributed by atoms with Crippen molar-refractivity contribution in [3.05, 3.63) is 89.5 Å². The predicted octanol–water partition coefficient (Wildman–Crippen LogP) is 3.57. The first-order valence-electron chi connectivity index (χ1n) is 7.54. The second kappa shape index (κ2) is 8.31. The molecular weight excluding hydrogens is 324 g/mol. The molecule has 0 fully saturated rings. The average molecular weight is 343 g/mol. The van der Waals surface area contributed by atoms with Crippen molar-refractivity contribution in [1.29, 1.82) is 0 Å². The van der Waals surface area contributed by atoms with Gasteiger partial charge in [0.25, 0.3) is 0 Å². The zero-order valence-electron chi connectivity index (χ0n) is 13.1. The number of hydrogen-bond acceptors (Lipinski definition) is 2. The molecule has 0 spiro atoms. The third-order valence-electron chi connectivity index (χ3n) is 3.74. The van der Waals surface area contributed by atoms with Crippen molar-refractivity contribution < 1.29 is 9.90 Å². The van der Waals surface area contributed by atoms with Gasteiger partial charge in [-0.05, 0) is 16.7 Å². The molecule has 1 heterocycles. The van der Waals surface area contributed by atoms with Crippen LogP contribution in [0.25, 0.3) is 0 Å². The van der Waals surface area contributed by atoms with Crippen LogP contribution < -0.4 is 0 Å². The maximum absolute atomic E-state index is 10.7. The van der Waals surface area contributed by atoms with Crippen LogP contribution in [0.1, 0.15) is 22.5 Å². The van der Waals surface area contributed by atoms with Crippen LogP contribution in [0.4, 0.5) is 0 Å². The standard InChI is InChI=1S/C19H18N2O2.ClH/c22-19(23)13-16-6-8-17(9-7-16)14-21-11-10-20-18(21)12-15-4-2-1-3-5-15;/h1-11H,12-14H2,(H,22,23);1H. The van der Waals surface area contributed by atoms with E-state index in [1.54, 1.807) is 0 Å². The normalized spacial score (nSPS) is 10.2. The van der Waals surface area contributed by atoms with Crippen LogP contribution in [-0.4, -0.2) is 20.6 Å². The second-order valence-electron chi connectivity index (χ2n) is 5.52. The number of aromatic nitrogens is 2. The van der Waals surface area contributed by atoms with E-state index >= 15 is 0 Å². The summed E-state index contributed by atoms with van der Waals surface area (Å²) in [6.07, 6.45) is 4.65. The van der Waals surface area contributed by atoms with E-state index in [0.717, 1.165) is 29.9 Å². The van der Waals surface area contributed by atoms with Gasteiger partial charge in [0, 0.05) is 25.4 Å². The molecule has 5 heteroatoms. The molecule has 0 aliphatic rings. The minimum absolute atomic E-state index is 0. The lowest BCUT2D eigenvalue weighted by Crippen LogP contribution is -2.05. The minimum atomic E-state index is -0.808. The molecule has 2 aromatic carbocycles. The van der Waals surface area contributed by atoms with Crippen LogP contribution in [0, 0.1) is 0 Å². The van der Waals surface area contributed by atoms with E-state index in [4.69, 9.17) is 5.11 Å². The van der Waals surface area contributed by atoms with Crippen molar-refractivity contribution in [1.82, 2.24) is 9.55 Å². The number of carboxylic acid groups (broad SMARTS) is 1. The maximum Gasteiger partial charge on any atom is 0.307 e. The first kappa shape index (κ1) is 17.8. The van der Waals surface area contributed by atoms with Gasteiger partial charge in [0.1, 0.15) is 5.82 Å². The molecule has 0 amide bonds. The van der Waals surface area contributed by atoms with Gasteiger partial charge in [0.05, 0.1) is 6.42 Å². The molecule has 3 aromatic rings. The molecule has 124 valence electrons. The molecule has 1 N–H and O–H groups in total. The number of carbonyl (C=O) groups is 1. The van der Waals surface area contributed by atoms with Crippen LogP contribution in [-0.2, 0) is 24.2 Å². The summed E-state index contributed by atoms with van der Waals surface area (Å²) in [5.41, 5.74) is 3.18. The zero-order valence-corrected chi connectivity index (χ0v) is 13.9. The van der Waals surface area contributed by atoms with Gasteiger partial charge in [-0.3, -0.25) is 4.79 Å². The molecule has 0 bridgehead atoms. The highest BCUT2D eigenvalue weighted by atomic mass is 35.5. The third-order valence-corrected chi connectivity index (χ3v) is 3.74. The van der Waals surface area contributed by atoms with Gasteiger partial charge < -0.3 is 9.67 Å². The summed E-state index contributed by atoms with van der Waals surface area (Å²) in [7, 11) is 0. The third kappa shape index (κ3) is 4.70. The Hall–Kier alpha value is -2.59. The number of imidazole rings is 1. The first-order chi connectivity index (χ1) is 11.2. The molecule has 1 aromatic heterocycles. The van der Waals surface area contributed by atoms with Gasteiger partial charge in [-0.25, -0.2) is 4.98 Å². The molecule has 0 unspecified atom stereocenters. The number of benzene rings is 2. The van der Waals surface area contributed by atoms with Crippen LogP contribution in [0.3, 0.4) is 0 Å². The van der Waals surface area contributed by atoms with Crippen molar-refractivity contribution in [2.24, 2.45) is 0 Å². The van der Waals surface area contributed by atoms with Gasteiger partial charge in [-0.1, -0.05) is 54.6 Å². The van der Waals surface area contributed by atoms with Gasteiger partial charge in [0.2, 0.25) is 0 Å². The van der Waals surface area contributed by atoms with Crippen molar-refractivity contribution >= 4 is 18.4 Å². The van der Waals surface area contributed by atoms with E-state index in [1.807, 2.05) is 54.9 Å². The summed E-state index contributed by atoms with van der Waals surface area (Å²) in [6.45, 7) is 0.732. The van der Waals surface area contributed by atoms with E-state index in [0.29, 0.717) is 0 Å². The number of nitrogens with zero attached hydrogens (tertiary/aromatic N) is 2. The van der Waals surface area contributed by atoms with E-state index in [-0.39, 0.29) is 18.8 Å². The average Bonchev–Trinajstić information content (AvgIpc) is 2.97. The Bertz CT molecular complexity index is 783. The maximum atomic E-state index is 10.7. The lowest BCUT2D eigenvalue weighted by molar-refractivity contribution is -0.136. The zero-order chi connectivity index (χ0) is 16.1. The SMILES string of the molecule is Cl.O=C(O)Cc1ccc(Cn2ccnc2Cc2ccccc2)cc1. The van der Waals surface area contributed by atoms with E-state index in [2.05, 4.69) is 21.7 Å². The van der Waals surface area contributed by atoms with E-state index in [1.165, 1.54) is 5.56 Å². The molecule has 0 aliphatic carbocycles. The predicted molar refractivity (Wildman–Crippen MR) is 95.6 cm³/mol. The Morgan fingerprint density at radius 1 is 0.958 bits per heavy atom. The Balaban J connectivity index is 0.00000208. The molecule has 0 atom stereocenters. The van der Waals surface area contributed by atoms with Gasteiger partial charge >= 0.3 is 5.97 Å². The highest BCUT2D eigenvalue weighted by Crippen LogP contribution is 2.12. The lowest BCUT2D eigenvalue weighted by atomic mass is 10.1. The van der Waals surface area contributed by atoms with Gasteiger partial charge in [-0.2, -0.15) is 0 Å². The highest BCUT2D eigenvalue weighted by Gasteiger charge is 2.06. The molecule has 0 saturated carbocycles. The summed E-state index contributed by atoms with van der Waals surface area (Å²) >= 11 is 0. The summed E-state index contributed by atoms with van der Waals surface area (Å²) in [5.74, 6) is 0.211. The van der Waals surface area contributed by atoms with Gasteiger partial charge in [-0.15, -0.1) is 12.4 Å². The van der Waals surface area contributed by atoms with Crippen molar-refractivity contribution in [2.75, 3.05) is 0 Å². The molecule has 4 nitrogen and oxygen atoms in total. The fraction of sp³-hybridized carbons (Fsp3) is 0.158. The summed E-state index contributed by atoms with van der Waals surface area (Å²) in [5, 5.41) is 8.81. The monoisotopic (exact) mass is 342 g/mol. The van der Waals surface area contributed by atoms with Crippen molar-refractivity contribution in [3.8, 4) is 0 Å². The number of halogens is 1. The van der Waals surface area contributed by atoms with Crippen molar-refractivity contribution in [2.45, 2.75) is 19.4 Å². The lowest BCUT2D eigenvalue weighted by Gasteiger charge is -2.09. The largest absolute Gasteiger partial charge is 0.481 e. The molecule has 3 rings (SSSR count). The van der Waals surface area contributed by atoms with E-state index in [9.17, 15) is 4.79 Å². The number of hydrogen-bond donors (Lipinski definition) is 1. The van der Waals surface area contributed by atoms with Crippen molar-refractivity contribution in [3.63, 3.8) is 0 Å². The summed E-state index contributed by atoms with van der Waals surface area (Å²) in [4.78, 5) is 15.2. The van der Waals surface area contributed by atoms with Crippen LogP contribution in [0.15, 0.2) is 67.0 Å². The minimum Gasteiger partial charge on any atom is -0.481 e. The molecule has 0 saturated heterocycles. The molecule has 24 heavy (non-hydrogen) atoms. The fourth-order valence-corrected chi connectivity index (χ4v) is 2.56. The Kier molecular flexibility index (Phi) is 6.15. The number of rotatable bonds is 6. The second-order valence-corrected chi connectivity index (χ2v) is 5.52. The van der Waals surface area contributed by atoms with E-state index < -0.39 is 5.97 Å². The van der Waals surface area contributed by atoms with Crippen LogP contribution in [0.2, 0.25) is 0 Å². The number of carboxylic acids is 1. The topological polar surface area (TPSA) is 55.1 Å². The first-order valence-corrected chi connectivity index (χ1v) is 7.54. The Labute approximate surface area is 147 Å². The van der Waals surface area contributed by atoms with Crippen LogP contribution >= 0.6 is 12.4 Å². The molecule has 0 radical (unpaired) electrons. The number of aliphatic carboxylic acids is 1. The summed E-state index contributed by atoms with van der Waals surface area (Å²) < 4.78 is 2.12. The molecular formula is C19H19ClN2O2. The quantitative estimate of drug-likeness (QED) is 0.745. The fourth-order valence-electron chi connectivity index (χ4n) is 2.56. The smallest absolute Gasteiger partial charge is 0.307 e.